The third-order valence-electron chi connectivity index (χ3n) is 3.71. The molecule has 2 aromatic rings. The molecule has 1 fully saturated rings. The molecule has 5 nitrogen and oxygen atoms in total. The summed E-state index contributed by atoms with van der Waals surface area (Å²) in [6.45, 7) is 0.520. The van der Waals surface area contributed by atoms with Crippen molar-refractivity contribution in [2.75, 3.05) is 13.1 Å². The second-order valence-corrected chi connectivity index (χ2v) is 5.35. The summed E-state index contributed by atoms with van der Waals surface area (Å²) in [6, 6.07) is 6.62. The molecule has 1 saturated heterocycles. The lowest BCUT2D eigenvalue weighted by Gasteiger charge is -2.19. The van der Waals surface area contributed by atoms with Gasteiger partial charge in [0.15, 0.2) is 0 Å². The summed E-state index contributed by atoms with van der Waals surface area (Å²) >= 11 is 0. The molecular weight excluding hydrogens is 323 g/mol. The molecule has 24 heavy (non-hydrogen) atoms. The Hall–Kier alpha value is -2.64. The quantitative estimate of drug-likeness (QED) is 0.864. The van der Waals surface area contributed by atoms with Crippen LogP contribution in [0.3, 0.4) is 0 Å². The molecule has 0 aliphatic carbocycles. The summed E-state index contributed by atoms with van der Waals surface area (Å²) in [4.78, 5) is 21.7. The van der Waals surface area contributed by atoms with Crippen LogP contribution in [0.15, 0.2) is 42.7 Å². The van der Waals surface area contributed by atoms with Gasteiger partial charge in [-0.3, -0.25) is 4.79 Å². The number of amides is 1. The third kappa shape index (κ3) is 3.47. The Bertz CT molecular complexity index is 722. The maximum atomic E-state index is 13.0. The molecule has 1 atom stereocenters. The van der Waals surface area contributed by atoms with E-state index in [1.165, 1.54) is 35.5 Å². The number of aromatic nitrogens is 2. The average Bonchev–Trinajstić information content (AvgIpc) is 3.03. The minimum Gasteiger partial charge on any atom is -0.458 e. The second kappa shape index (κ2) is 6.46. The summed E-state index contributed by atoms with van der Waals surface area (Å²) in [6.07, 6.45) is -1.34. The lowest BCUT2D eigenvalue weighted by Crippen LogP contribution is -2.32. The number of halogens is 3. The van der Waals surface area contributed by atoms with Crippen molar-refractivity contribution in [2.45, 2.75) is 18.7 Å². The fraction of sp³-hybridized carbons (Fsp3) is 0.312. The minimum atomic E-state index is -4.57. The molecule has 0 radical (unpaired) electrons. The van der Waals surface area contributed by atoms with Gasteiger partial charge < -0.3 is 9.64 Å². The number of hydrogen-bond acceptors (Lipinski definition) is 4. The van der Waals surface area contributed by atoms with Crippen LogP contribution < -0.4 is 4.74 Å². The zero-order valence-corrected chi connectivity index (χ0v) is 12.5. The number of rotatable bonds is 3. The van der Waals surface area contributed by atoms with E-state index in [1.807, 2.05) is 0 Å². The Kier molecular flexibility index (Phi) is 4.37. The highest BCUT2D eigenvalue weighted by Gasteiger charge is 2.37. The van der Waals surface area contributed by atoms with E-state index in [0.717, 1.165) is 6.07 Å². The zero-order valence-electron chi connectivity index (χ0n) is 12.5. The second-order valence-electron chi connectivity index (χ2n) is 5.35. The van der Waals surface area contributed by atoms with Gasteiger partial charge in [0.05, 0.1) is 17.7 Å². The molecule has 2 heterocycles. The van der Waals surface area contributed by atoms with Crippen molar-refractivity contribution < 1.29 is 22.7 Å². The third-order valence-corrected chi connectivity index (χ3v) is 3.71. The first-order valence-corrected chi connectivity index (χ1v) is 7.34. The van der Waals surface area contributed by atoms with Crippen LogP contribution >= 0.6 is 0 Å². The summed E-state index contributed by atoms with van der Waals surface area (Å²) < 4.78 is 44.7. The van der Waals surface area contributed by atoms with Crippen molar-refractivity contribution in [3.63, 3.8) is 0 Å². The van der Waals surface area contributed by atoms with Crippen LogP contribution in [-0.4, -0.2) is 40.0 Å². The molecule has 1 aliphatic rings. The van der Waals surface area contributed by atoms with Gasteiger partial charge in [-0.25, -0.2) is 9.97 Å². The molecule has 1 unspecified atom stereocenters. The summed E-state index contributed by atoms with van der Waals surface area (Å²) in [5.74, 6) is -0.650. The smallest absolute Gasteiger partial charge is 0.417 e. The molecule has 0 saturated carbocycles. The number of nitrogens with zero attached hydrogens (tertiary/aromatic N) is 3. The molecule has 1 aromatic heterocycles. The highest BCUT2D eigenvalue weighted by molar-refractivity contribution is 5.96. The molecule has 3 rings (SSSR count). The van der Waals surface area contributed by atoms with Crippen molar-refractivity contribution in [3.8, 4) is 6.01 Å². The van der Waals surface area contributed by atoms with Crippen molar-refractivity contribution in [1.29, 1.82) is 0 Å². The Morgan fingerprint density at radius 2 is 1.88 bits per heavy atom. The van der Waals surface area contributed by atoms with E-state index in [1.54, 1.807) is 6.07 Å². The zero-order chi connectivity index (χ0) is 17.2. The monoisotopic (exact) mass is 337 g/mol. The van der Waals surface area contributed by atoms with Crippen molar-refractivity contribution in [2.24, 2.45) is 0 Å². The fourth-order valence-corrected chi connectivity index (χ4v) is 2.59. The first-order valence-electron chi connectivity index (χ1n) is 7.34. The Labute approximate surface area is 136 Å². The van der Waals surface area contributed by atoms with Gasteiger partial charge in [-0.05, 0) is 18.2 Å². The van der Waals surface area contributed by atoms with Crippen LogP contribution in [0.4, 0.5) is 13.2 Å². The summed E-state index contributed by atoms with van der Waals surface area (Å²) in [7, 11) is 0. The van der Waals surface area contributed by atoms with Crippen LogP contribution in [0, 0.1) is 0 Å². The molecular formula is C16H14F3N3O2. The Balaban J connectivity index is 1.71. The molecule has 8 heteroatoms. The predicted octanol–water partition coefficient (Wildman–Crippen LogP) is 2.79. The fourth-order valence-electron chi connectivity index (χ4n) is 2.59. The molecule has 1 amide bonds. The highest BCUT2D eigenvalue weighted by atomic mass is 19.4. The minimum absolute atomic E-state index is 0.187. The van der Waals surface area contributed by atoms with Gasteiger partial charge in [-0.2, -0.15) is 13.2 Å². The maximum Gasteiger partial charge on any atom is 0.417 e. The van der Waals surface area contributed by atoms with Gasteiger partial charge in [0.1, 0.15) is 6.10 Å². The van der Waals surface area contributed by atoms with Crippen LogP contribution in [0.1, 0.15) is 22.3 Å². The molecule has 0 bridgehead atoms. The van der Waals surface area contributed by atoms with E-state index in [2.05, 4.69) is 9.97 Å². The largest absolute Gasteiger partial charge is 0.458 e. The normalized spacial score (nSPS) is 17.8. The SMILES string of the molecule is O=C(c1ccccc1C(F)(F)F)N1CCC(Oc2ncccn2)C1. The highest BCUT2D eigenvalue weighted by Crippen LogP contribution is 2.32. The number of alkyl halides is 3. The number of carbonyl (C=O) groups is 1. The molecule has 0 N–H and O–H groups in total. The van der Waals surface area contributed by atoms with Gasteiger partial charge in [-0.15, -0.1) is 0 Å². The Morgan fingerprint density at radius 1 is 1.17 bits per heavy atom. The lowest BCUT2D eigenvalue weighted by atomic mass is 10.1. The standard InChI is InChI=1S/C16H14F3N3O2/c17-16(18,19)13-5-2-1-4-12(13)14(23)22-9-6-11(10-22)24-15-20-7-3-8-21-15/h1-5,7-8,11H,6,9-10H2. The number of ether oxygens (including phenoxy) is 1. The number of hydrogen-bond donors (Lipinski definition) is 0. The first kappa shape index (κ1) is 16.2. The van der Waals surface area contributed by atoms with E-state index in [4.69, 9.17) is 4.74 Å². The van der Waals surface area contributed by atoms with E-state index in [-0.39, 0.29) is 24.2 Å². The van der Waals surface area contributed by atoms with Gasteiger partial charge in [0, 0.05) is 25.4 Å². The van der Waals surface area contributed by atoms with E-state index in [9.17, 15) is 18.0 Å². The van der Waals surface area contributed by atoms with E-state index < -0.39 is 17.6 Å². The van der Waals surface area contributed by atoms with Crippen LogP contribution in [0.2, 0.25) is 0 Å². The van der Waals surface area contributed by atoms with Crippen LogP contribution in [0.5, 0.6) is 6.01 Å². The van der Waals surface area contributed by atoms with Gasteiger partial charge >= 0.3 is 12.2 Å². The van der Waals surface area contributed by atoms with E-state index in [0.29, 0.717) is 13.0 Å². The first-order chi connectivity index (χ1) is 11.4. The van der Waals surface area contributed by atoms with Crippen molar-refractivity contribution >= 4 is 5.91 Å². The van der Waals surface area contributed by atoms with Gasteiger partial charge in [0.2, 0.25) is 0 Å². The van der Waals surface area contributed by atoms with Crippen LogP contribution in [-0.2, 0) is 6.18 Å². The molecule has 0 spiro atoms. The number of carbonyl (C=O) groups excluding carboxylic acids is 1. The van der Waals surface area contributed by atoms with Crippen molar-refractivity contribution in [3.05, 3.63) is 53.9 Å². The number of benzene rings is 1. The maximum absolute atomic E-state index is 13.0. The number of likely N-dealkylation sites (tertiary alicyclic amines) is 1. The topological polar surface area (TPSA) is 55.3 Å². The van der Waals surface area contributed by atoms with E-state index >= 15 is 0 Å². The lowest BCUT2D eigenvalue weighted by molar-refractivity contribution is -0.138. The van der Waals surface area contributed by atoms with Gasteiger partial charge in [0.25, 0.3) is 5.91 Å². The predicted molar refractivity (Wildman–Crippen MR) is 78.4 cm³/mol. The Morgan fingerprint density at radius 3 is 2.58 bits per heavy atom. The van der Waals surface area contributed by atoms with Crippen LogP contribution in [0.25, 0.3) is 0 Å². The summed E-state index contributed by atoms with van der Waals surface area (Å²) in [5.41, 5.74) is -1.27. The molecule has 1 aromatic carbocycles. The molecule has 126 valence electrons. The van der Waals surface area contributed by atoms with Gasteiger partial charge in [-0.1, -0.05) is 12.1 Å². The van der Waals surface area contributed by atoms with Crippen molar-refractivity contribution in [1.82, 2.24) is 14.9 Å². The summed E-state index contributed by atoms with van der Waals surface area (Å²) in [5, 5.41) is 0. The average molecular weight is 337 g/mol. The molecule has 1 aliphatic heterocycles.